The van der Waals surface area contributed by atoms with Crippen LogP contribution in [0.5, 0.6) is 11.5 Å². The van der Waals surface area contributed by atoms with Crippen molar-refractivity contribution in [1.82, 2.24) is 10.2 Å². The smallest absolute Gasteiger partial charge is 0.258 e. The van der Waals surface area contributed by atoms with Crippen molar-refractivity contribution in [2.45, 2.75) is 6.04 Å². The molecule has 1 fully saturated rings. The van der Waals surface area contributed by atoms with Crippen LogP contribution in [0.4, 0.5) is 0 Å². The summed E-state index contributed by atoms with van der Waals surface area (Å²) in [6, 6.07) is 13.0. The number of benzene rings is 2. The number of rotatable bonds is 2. The second-order valence-electron chi connectivity index (χ2n) is 6.07. The molecular weight excluding hydrogens is 340 g/mol. The Bertz CT molecular complexity index is 796. The third-order valence-corrected chi connectivity index (χ3v) is 4.91. The van der Waals surface area contributed by atoms with Crippen molar-refractivity contribution >= 4 is 17.5 Å². The van der Waals surface area contributed by atoms with Gasteiger partial charge in [-0.25, -0.2) is 0 Å². The van der Waals surface area contributed by atoms with Gasteiger partial charge in [-0.05, 0) is 23.8 Å². The second kappa shape index (κ2) is 6.94. The molecule has 1 atom stereocenters. The van der Waals surface area contributed by atoms with Gasteiger partial charge in [0.15, 0.2) is 11.5 Å². The summed E-state index contributed by atoms with van der Waals surface area (Å²) in [5.41, 5.74) is 1.49. The average molecular weight is 359 g/mol. The van der Waals surface area contributed by atoms with Crippen molar-refractivity contribution in [3.8, 4) is 11.5 Å². The van der Waals surface area contributed by atoms with Crippen LogP contribution in [0.1, 0.15) is 22.0 Å². The Morgan fingerprint density at radius 2 is 1.96 bits per heavy atom. The number of carbonyl (C=O) groups excluding carboxylic acids is 1. The predicted octanol–water partition coefficient (Wildman–Crippen LogP) is 2.90. The van der Waals surface area contributed by atoms with E-state index in [2.05, 4.69) is 5.32 Å². The van der Waals surface area contributed by atoms with Crippen LogP contribution in [-0.2, 0) is 0 Å². The lowest BCUT2D eigenvalue weighted by molar-refractivity contribution is 0.0625. The van der Waals surface area contributed by atoms with Crippen molar-refractivity contribution < 1.29 is 14.3 Å². The van der Waals surface area contributed by atoms with Crippen LogP contribution < -0.4 is 14.8 Å². The molecule has 2 aromatic carbocycles. The van der Waals surface area contributed by atoms with Gasteiger partial charge in [0, 0.05) is 24.7 Å². The number of para-hydroxylation sites is 1. The van der Waals surface area contributed by atoms with Gasteiger partial charge in [-0.15, -0.1) is 0 Å². The molecule has 5 nitrogen and oxygen atoms in total. The molecule has 0 spiro atoms. The molecule has 2 aliphatic rings. The van der Waals surface area contributed by atoms with Crippen LogP contribution in [0, 0.1) is 0 Å². The molecule has 0 radical (unpaired) electrons. The Morgan fingerprint density at radius 3 is 2.84 bits per heavy atom. The van der Waals surface area contributed by atoms with Gasteiger partial charge in [0.05, 0.1) is 11.6 Å². The largest absolute Gasteiger partial charge is 0.486 e. The van der Waals surface area contributed by atoms with Crippen molar-refractivity contribution in [2.24, 2.45) is 0 Å². The zero-order chi connectivity index (χ0) is 17.2. The average Bonchev–Trinajstić information content (AvgIpc) is 2.67. The summed E-state index contributed by atoms with van der Waals surface area (Å²) in [5, 5.41) is 4.02. The summed E-state index contributed by atoms with van der Waals surface area (Å²) < 4.78 is 11.3. The SMILES string of the molecule is O=C(c1cccc2c1OCCO2)N1CCNCC1c1ccccc1Cl. The lowest BCUT2D eigenvalue weighted by Crippen LogP contribution is -2.48. The van der Waals surface area contributed by atoms with Gasteiger partial charge in [0.1, 0.15) is 13.2 Å². The number of hydrogen-bond donors (Lipinski definition) is 1. The third kappa shape index (κ3) is 3.05. The van der Waals surface area contributed by atoms with Crippen LogP contribution in [0.3, 0.4) is 0 Å². The molecule has 4 rings (SSSR count). The van der Waals surface area contributed by atoms with Crippen LogP contribution in [0.2, 0.25) is 5.02 Å². The van der Waals surface area contributed by atoms with Crippen LogP contribution in [-0.4, -0.2) is 43.7 Å². The van der Waals surface area contributed by atoms with Gasteiger partial charge >= 0.3 is 0 Å². The normalized spacial score (nSPS) is 19.6. The molecule has 1 amide bonds. The molecular formula is C19H19ClN2O3. The Hall–Kier alpha value is -2.24. The van der Waals surface area contributed by atoms with Gasteiger partial charge in [-0.3, -0.25) is 4.79 Å². The molecule has 6 heteroatoms. The first kappa shape index (κ1) is 16.2. The molecule has 2 aromatic rings. The van der Waals surface area contributed by atoms with E-state index in [1.54, 1.807) is 6.07 Å². The second-order valence-corrected chi connectivity index (χ2v) is 6.48. The van der Waals surface area contributed by atoms with E-state index < -0.39 is 0 Å². The molecule has 0 bridgehead atoms. The number of piperazine rings is 1. The van der Waals surface area contributed by atoms with E-state index in [-0.39, 0.29) is 11.9 Å². The summed E-state index contributed by atoms with van der Waals surface area (Å²) in [6.07, 6.45) is 0. The first-order valence-corrected chi connectivity index (χ1v) is 8.78. The maximum absolute atomic E-state index is 13.3. The molecule has 25 heavy (non-hydrogen) atoms. The number of nitrogens with one attached hydrogen (secondary N) is 1. The molecule has 2 aliphatic heterocycles. The quantitative estimate of drug-likeness (QED) is 0.896. The van der Waals surface area contributed by atoms with Crippen molar-refractivity contribution in [3.63, 3.8) is 0 Å². The standard InChI is InChI=1S/C19H19ClN2O3/c20-15-6-2-1-4-13(15)16-12-21-8-9-22(16)19(23)14-5-3-7-17-18(14)25-11-10-24-17/h1-7,16,21H,8-12H2. The molecule has 1 saturated heterocycles. The molecule has 0 aromatic heterocycles. The molecule has 1 unspecified atom stereocenters. The van der Waals surface area contributed by atoms with Gasteiger partial charge in [0.25, 0.3) is 5.91 Å². The minimum absolute atomic E-state index is 0.0613. The van der Waals surface area contributed by atoms with Crippen LogP contribution in [0.25, 0.3) is 0 Å². The minimum atomic E-state index is -0.115. The van der Waals surface area contributed by atoms with Gasteiger partial charge in [-0.1, -0.05) is 35.9 Å². The summed E-state index contributed by atoms with van der Waals surface area (Å²) in [5.74, 6) is 1.10. The van der Waals surface area contributed by atoms with Gasteiger partial charge in [-0.2, -0.15) is 0 Å². The van der Waals surface area contributed by atoms with Crippen LogP contribution >= 0.6 is 11.6 Å². The zero-order valence-corrected chi connectivity index (χ0v) is 14.5. The number of amides is 1. The highest BCUT2D eigenvalue weighted by Gasteiger charge is 2.32. The summed E-state index contributed by atoms with van der Waals surface area (Å²) in [4.78, 5) is 15.2. The van der Waals surface area contributed by atoms with Crippen molar-refractivity contribution in [1.29, 1.82) is 0 Å². The highest BCUT2D eigenvalue weighted by atomic mass is 35.5. The van der Waals surface area contributed by atoms with Crippen molar-refractivity contribution in [3.05, 3.63) is 58.6 Å². The number of ether oxygens (including phenoxy) is 2. The molecule has 0 aliphatic carbocycles. The Morgan fingerprint density at radius 1 is 1.12 bits per heavy atom. The van der Waals surface area contributed by atoms with E-state index in [4.69, 9.17) is 21.1 Å². The van der Waals surface area contributed by atoms with E-state index >= 15 is 0 Å². The van der Waals surface area contributed by atoms with E-state index in [9.17, 15) is 4.79 Å². The fourth-order valence-corrected chi connectivity index (χ4v) is 3.63. The number of carbonyl (C=O) groups is 1. The predicted molar refractivity (Wildman–Crippen MR) is 95.5 cm³/mol. The van der Waals surface area contributed by atoms with Crippen LogP contribution in [0.15, 0.2) is 42.5 Å². The number of fused-ring (bicyclic) bond motifs is 1. The fraction of sp³-hybridized carbons (Fsp3) is 0.316. The van der Waals surface area contributed by atoms with E-state index in [0.717, 1.165) is 12.1 Å². The number of hydrogen-bond acceptors (Lipinski definition) is 4. The molecule has 2 heterocycles. The maximum atomic E-state index is 13.3. The zero-order valence-electron chi connectivity index (χ0n) is 13.7. The molecule has 0 saturated carbocycles. The van der Waals surface area contributed by atoms with E-state index in [1.807, 2.05) is 41.3 Å². The first-order chi connectivity index (χ1) is 12.3. The van der Waals surface area contributed by atoms with Gasteiger partial charge < -0.3 is 19.7 Å². The fourth-order valence-electron chi connectivity index (χ4n) is 3.37. The highest BCUT2D eigenvalue weighted by molar-refractivity contribution is 6.31. The molecule has 1 N–H and O–H groups in total. The van der Waals surface area contributed by atoms with E-state index in [1.165, 1.54) is 0 Å². The van der Waals surface area contributed by atoms with Gasteiger partial charge in [0.2, 0.25) is 0 Å². The van der Waals surface area contributed by atoms with Crippen molar-refractivity contribution in [2.75, 3.05) is 32.8 Å². The summed E-state index contributed by atoms with van der Waals surface area (Å²) >= 11 is 6.38. The number of nitrogens with zero attached hydrogens (tertiary/aromatic N) is 1. The Kier molecular flexibility index (Phi) is 4.51. The van der Waals surface area contributed by atoms with E-state index in [0.29, 0.717) is 48.4 Å². The maximum Gasteiger partial charge on any atom is 0.258 e. The first-order valence-electron chi connectivity index (χ1n) is 8.40. The Balaban J connectivity index is 1.70. The highest BCUT2D eigenvalue weighted by Crippen LogP contribution is 2.36. The summed E-state index contributed by atoms with van der Waals surface area (Å²) in [6.45, 7) is 2.98. The summed E-state index contributed by atoms with van der Waals surface area (Å²) in [7, 11) is 0. The minimum Gasteiger partial charge on any atom is -0.486 e. The number of halogens is 1. The topological polar surface area (TPSA) is 50.8 Å². The Labute approximate surface area is 151 Å². The lowest BCUT2D eigenvalue weighted by atomic mass is 10.0. The molecule has 130 valence electrons. The third-order valence-electron chi connectivity index (χ3n) is 4.57. The monoisotopic (exact) mass is 358 g/mol. The lowest BCUT2D eigenvalue weighted by Gasteiger charge is -2.37.